The maximum atomic E-state index is 10.8. The number of aromatic nitrogens is 1. The third-order valence-corrected chi connectivity index (χ3v) is 2.48. The van der Waals surface area contributed by atoms with E-state index >= 15 is 0 Å². The highest BCUT2D eigenvalue weighted by Gasteiger charge is 2.20. The quantitative estimate of drug-likeness (QED) is 0.441. The number of carbonyl (C=O) groups excluding carboxylic acids is 1. The SMILES string of the molecule is Cc1nc(N)c(COP(=O)(O)O)c(C=O)c1O. The van der Waals surface area contributed by atoms with Crippen LogP contribution in [0.3, 0.4) is 0 Å². The van der Waals surface area contributed by atoms with E-state index in [-0.39, 0.29) is 22.6 Å². The Morgan fingerprint density at radius 1 is 1.53 bits per heavy atom. The number of aryl methyl sites for hydroxylation is 1. The van der Waals surface area contributed by atoms with Crippen molar-refractivity contribution < 1.29 is 28.8 Å². The number of carbonyl (C=O) groups is 1. The number of nitrogens with two attached hydrogens (primary N) is 1. The lowest BCUT2D eigenvalue weighted by molar-refractivity contribution is 0.111. The van der Waals surface area contributed by atoms with Crippen LogP contribution in [0.1, 0.15) is 21.6 Å². The molecule has 5 N–H and O–H groups in total. The number of rotatable bonds is 4. The number of phosphoric ester groups is 1. The van der Waals surface area contributed by atoms with Crippen LogP contribution in [0.5, 0.6) is 5.75 Å². The van der Waals surface area contributed by atoms with E-state index in [2.05, 4.69) is 9.51 Å². The first kappa shape index (κ1) is 13.6. The number of pyridine rings is 1. The molecule has 1 aromatic rings. The molecule has 1 rings (SSSR count). The Kier molecular flexibility index (Phi) is 3.84. The first-order valence-electron chi connectivity index (χ1n) is 4.39. The Morgan fingerprint density at radius 3 is 2.59 bits per heavy atom. The summed E-state index contributed by atoms with van der Waals surface area (Å²) in [6.07, 6.45) is 0.318. The van der Waals surface area contributed by atoms with Gasteiger partial charge >= 0.3 is 7.82 Å². The van der Waals surface area contributed by atoms with Gasteiger partial charge in [0.2, 0.25) is 0 Å². The molecule has 1 heterocycles. The maximum Gasteiger partial charge on any atom is 0.469 e. The minimum atomic E-state index is -4.69. The van der Waals surface area contributed by atoms with E-state index in [9.17, 15) is 14.5 Å². The van der Waals surface area contributed by atoms with Gasteiger partial charge in [-0.2, -0.15) is 0 Å². The normalized spacial score (nSPS) is 11.5. The number of nitrogen functional groups attached to an aromatic ring is 1. The molecular formula is C8H11N2O6P. The Labute approximate surface area is 96.3 Å². The number of aromatic hydroxyl groups is 1. The second kappa shape index (κ2) is 4.80. The van der Waals surface area contributed by atoms with E-state index in [1.165, 1.54) is 6.92 Å². The zero-order chi connectivity index (χ0) is 13.2. The minimum absolute atomic E-state index is 0.0635. The van der Waals surface area contributed by atoms with Gasteiger partial charge in [0, 0.05) is 5.56 Å². The molecule has 0 atom stereocenters. The van der Waals surface area contributed by atoms with Gasteiger partial charge in [-0.3, -0.25) is 9.32 Å². The molecule has 9 heteroatoms. The van der Waals surface area contributed by atoms with Crippen LogP contribution < -0.4 is 5.73 Å². The summed E-state index contributed by atoms with van der Waals surface area (Å²) >= 11 is 0. The number of nitrogens with zero attached hydrogens (tertiary/aromatic N) is 1. The largest absolute Gasteiger partial charge is 0.505 e. The molecule has 0 amide bonds. The fourth-order valence-electron chi connectivity index (χ4n) is 1.20. The predicted octanol–water partition coefficient (Wildman–Crippen LogP) is 0.0996. The highest BCUT2D eigenvalue weighted by Crippen LogP contribution is 2.38. The van der Waals surface area contributed by atoms with Crippen LogP contribution in [0, 0.1) is 6.92 Å². The van der Waals surface area contributed by atoms with Crippen LogP contribution in [0.15, 0.2) is 0 Å². The van der Waals surface area contributed by atoms with Gasteiger partial charge in [-0.25, -0.2) is 9.55 Å². The van der Waals surface area contributed by atoms with Gasteiger partial charge in [0.1, 0.15) is 11.6 Å². The summed E-state index contributed by atoms with van der Waals surface area (Å²) in [5, 5.41) is 9.53. The molecule has 0 spiro atoms. The molecule has 1 aromatic heterocycles. The molecule has 0 fully saturated rings. The second-order valence-electron chi connectivity index (χ2n) is 3.21. The minimum Gasteiger partial charge on any atom is -0.505 e. The van der Waals surface area contributed by atoms with Gasteiger partial charge in [-0.15, -0.1) is 0 Å². The molecule has 0 aliphatic heterocycles. The zero-order valence-electron chi connectivity index (χ0n) is 8.82. The standard InChI is InChI=1S/C8H11N2O6P/c1-4-7(12)5(2-11)6(8(9)10-4)3-16-17(13,14)15/h2,12H,3H2,1H3,(H2,9,10)(H2,13,14,15). The van der Waals surface area contributed by atoms with Crippen molar-refractivity contribution >= 4 is 19.9 Å². The van der Waals surface area contributed by atoms with Crippen molar-refractivity contribution in [2.75, 3.05) is 5.73 Å². The van der Waals surface area contributed by atoms with Crippen LogP contribution in [-0.4, -0.2) is 26.2 Å². The maximum absolute atomic E-state index is 10.8. The number of anilines is 1. The van der Waals surface area contributed by atoms with Crippen LogP contribution in [-0.2, 0) is 15.7 Å². The van der Waals surface area contributed by atoms with Crippen molar-refractivity contribution in [2.45, 2.75) is 13.5 Å². The summed E-state index contributed by atoms with van der Waals surface area (Å²) in [5.74, 6) is -0.519. The van der Waals surface area contributed by atoms with E-state index in [1.54, 1.807) is 0 Å². The van der Waals surface area contributed by atoms with Gasteiger partial charge in [-0.1, -0.05) is 0 Å². The van der Waals surface area contributed by atoms with Crippen molar-refractivity contribution in [3.63, 3.8) is 0 Å². The number of hydrogen-bond donors (Lipinski definition) is 4. The summed E-state index contributed by atoms with van der Waals surface area (Å²) in [5.41, 5.74) is 5.37. The lowest BCUT2D eigenvalue weighted by Crippen LogP contribution is -2.06. The van der Waals surface area contributed by atoms with Crippen molar-refractivity contribution in [3.05, 3.63) is 16.8 Å². The molecule has 0 radical (unpaired) electrons. The Morgan fingerprint density at radius 2 is 2.12 bits per heavy atom. The average molecular weight is 262 g/mol. The lowest BCUT2D eigenvalue weighted by atomic mass is 10.1. The van der Waals surface area contributed by atoms with E-state index in [4.69, 9.17) is 15.5 Å². The molecule has 17 heavy (non-hydrogen) atoms. The van der Waals surface area contributed by atoms with E-state index in [0.717, 1.165) is 0 Å². The van der Waals surface area contributed by atoms with Gasteiger partial charge in [0.15, 0.2) is 6.29 Å². The zero-order valence-corrected chi connectivity index (χ0v) is 9.72. The number of phosphoric acid groups is 1. The van der Waals surface area contributed by atoms with Gasteiger partial charge in [0.05, 0.1) is 17.9 Å². The number of aldehydes is 1. The third kappa shape index (κ3) is 3.24. The molecule has 0 bridgehead atoms. The van der Waals surface area contributed by atoms with Crippen LogP contribution >= 0.6 is 7.82 Å². The fourth-order valence-corrected chi connectivity index (χ4v) is 1.50. The summed E-state index contributed by atoms with van der Waals surface area (Å²) in [4.78, 5) is 31.6. The smallest absolute Gasteiger partial charge is 0.469 e. The first-order chi connectivity index (χ1) is 7.76. The van der Waals surface area contributed by atoms with Crippen LogP contribution in [0.2, 0.25) is 0 Å². The molecule has 0 saturated heterocycles. The second-order valence-corrected chi connectivity index (χ2v) is 4.44. The van der Waals surface area contributed by atoms with Gasteiger partial charge < -0.3 is 20.6 Å². The predicted molar refractivity (Wildman–Crippen MR) is 57.3 cm³/mol. The first-order valence-corrected chi connectivity index (χ1v) is 5.92. The van der Waals surface area contributed by atoms with Crippen molar-refractivity contribution in [3.8, 4) is 5.75 Å². The molecule has 0 unspecified atom stereocenters. The third-order valence-electron chi connectivity index (χ3n) is 2.02. The highest BCUT2D eigenvalue weighted by atomic mass is 31.2. The van der Waals surface area contributed by atoms with Crippen molar-refractivity contribution in [1.29, 1.82) is 0 Å². The fraction of sp³-hybridized carbons (Fsp3) is 0.250. The average Bonchev–Trinajstić information content (AvgIpc) is 2.20. The van der Waals surface area contributed by atoms with E-state index < -0.39 is 20.2 Å². The van der Waals surface area contributed by atoms with Gasteiger partial charge in [-0.05, 0) is 6.92 Å². The van der Waals surface area contributed by atoms with Crippen LogP contribution in [0.4, 0.5) is 5.82 Å². The summed E-state index contributed by atoms with van der Waals surface area (Å²) in [6, 6.07) is 0. The number of hydrogen-bond acceptors (Lipinski definition) is 6. The van der Waals surface area contributed by atoms with E-state index in [0.29, 0.717) is 6.29 Å². The summed E-state index contributed by atoms with van der Waals surface area (Å²) in [7, 11) is -4.69. The van der Waals surface area contributed by atoms with Crippen molar-refractivity contribution in [1.82, 2.24) is 4.98 Å². The highest BCUT2D eigenvalue weighted by molar-refractivity contribution is 7.46. The summed E-state index contributed by atoms with van der Waals surface area (Å²) < 4.78 is 14.7. The molecule has 0 aromatic carbocycles. The Bertz CT molecular complexity index is 497. The van der Waals surface area contributed by atoms with Crippen LogP contribution in [0.25, 0.3) is 0 Å². The summed E-state index contributed by atoms with van der Waals surface area (Å²) in [6.45, 7) is 0.817. The monoisotopic (exact) mass is 262 g/mol. The van der Waals surface area contributed by atoms with Crippen molar-refractivity contribution in [2.24, 2.45) is 0 Å². The van der Waals surface area contributed by atoms with Gasteiger partial charge in [0.25, 0.3) is 0 Å². The molecule has 0 saturated carbocycles. The molecule has 0 aliphatic rings. The lowest BCUT2D eigenvalue weighted by Gasteiger charge is -2.12. The molecule has 94 valence electrons. The molecule has 0 aliphatic carbocycles. The van der Waals surface area contributed by atoms with E-state index in [1.807, 2.05) is 0 Å². The Hall–Kier alpha value is -1.47. The molecular weight excluding hydrogens is 251 g/mol. The molecule has 8 nitrogen and oxygen atoms in total. The Balaban J connectivity index is 3.19. The topological polar surface area (TPSA) is 143 Å².